The first-order valence-corrected chi connectivity index (χ1v) is 8.16. The van der Waals surface area contributed by atoms with Crippen molar-refractivity contribution in [2.75, 3.05) is 20.3 Å². The van der Waals surface area contributed by atoms with Gasteiger partial charge < -0.3 is 9.64 Å². The van der Waals surface area contributed by atoms with Crippen molar-refractivity contribution in [2.24, 2.45) is 0 Å². The zero-order valence-corrected chi connectivity index (χ0v) is 13.7. The fourth-order valence-electron chi connectivity index (χ4n) is 3.20. The van der Waals surface area contributed by atoms with Crippen molar-refractivity contribution in [3.05, 3.63) is 65.2 Å². The van der Waals surface area contributed by atoms with E-state index in [4.69, 9.17) is 4.74 Å². The number of ether oxygens (including phenoxy) is 1. The summed E-state index contributed by atoms with van der Waals surface area (Å²) in [5, 5.41) is 0. The summed E-state index contributed by atoms with van der Waals surface area (Å²) in [4.78, 5) is 18.7. The van der Waals surface area contributed by atoms with Crippen LogP contribution < -0.4 is 0 Å². The molecule has 1 fully saturated rings. The molecule has 1 aromatic heterocycles. The van der Waals surface area contributed by atoms with Gasteiger partial charge in [-0.1, -0.05) is 24.3 Å². The van der Waals surface area contributed by atoms with Gasteiger partial charge in [-0.05, 0) is 36.6 Å². The van der Waals surface area contributed by atoms with Crippen LogP contribution in [0.15, 0.2) is 42.5 Å². The standard InChI is InChI=1S/C19H21FN2O2/c1-24-13-19(23)22-11-5-10-18(22)17-9-4-7-15(21-17)12-14-6-2-3-8-16(14)20/h2-4,6-9,18H,5,10-13H2,1H3/t18-/m1/s1. The molecule has 0 radical (unpaired) electrons. The Labute approximate surface area is 141 Å². The first-order valence-electron chi connectivity index (χ1n) is 8.16. The van der Waals surface area contributed by atoms with Crippen LogP contribution in [0.1, 0.15) is 35.8 Å². The second-order valence-corrected chi connectivity index (χ2v) is 6.00. The number of carbonyl (C=O) groups excluding carboxylic acids is 1. The normalized spacial score (nSPS) is 17.2. The molecule has 1 aliphatic heterocycles. The highest BCUT2D eigenvalue weighted by atomic mass is 19.1. The predicted octanol–water partition coefficient (Wildman–Crippen LogP) is 3.12. The van der Waals surface area contributed by atoms with Crippen LogP contribution in [-0.4, -0.2) is 36.1 Å². The van der Waals surface area contributed by atoms with E-state index < -0.39 is 0 Å². The lowest BCUT2D eigenvalue weighted by Gasteiger charge is -2.24. The minimum Gasteiger partial charge on any atom is -0.375 e. The zero-order valence-electron chi connectivity index (χ0n) is 13.7. The minimum atomic E-state index is -0.220. The summed E-state index contributed by atoms with van der Waals surface area (Å²) in [5.41, 5.74) is 2.30. The highest BCUT2D eigenvalue weighted by Crippen LogP contribution is 2.31. The lowest BCUT2D eigenvalue weighted by Crippen LogP contribution is -2.33. The first kappa shape index (κ1) is 16.6. The monoisotopic (exact) mass is 328 g/mol. The van der Waals surface area contributed by atoms with Crippen LogP contribution in [0, 0.1) is 5.82 Å². The van der Waals surface area contributed by atoms with Crippen molar-refractivity contribution in [1.82, 2.24) is 9.88 Å². The number of hydrogen-bond donors (Lipinski definition) is 0. The van der Waals surface area contributed by atoms with Gasteiger partial charge in [0.05, 0.1) is 11.7 Å². The summed E-state index contributed by atoms with van der Waals surface area (Å²) in [7, 11) is 1.52. The molecule has 4 nitrogen and oxygen atoms in total. The fourth-order valence-corrected chi connectivity index (χ4v) is 3.20. The molecule has 2 heterocycles. The number of amides is 1. The van der Waals surface area contributed by atoms with E-state index in [1.807, 2.05) is 29.2 Å². The number of benzene rings is 1. The first-order chi connectivity index (χ1) is 11.7. The van der Waals surface area contributed by atoms with E-state index in [2.05, 4.69) is 4.98 Å². The van der Waals surface area contributed by atoms with Crippen LogP contribution in [0.2, 0.25) is 0 Å². The molecular formula is C19H21FN2O2. The predicted molar refractivity (Wildman–Crippen MR) is 89.0 cm³/mol. The molecule has 0 N–H and O–H groups in total. The number of methoxy groups -OCH3 is 1. The van der Waals surface area contributed by atoms with Gasteiger partial charge in [0.2, 0.25) is 5.91 Å². The van der Waals surface area contributed by atoms with Crippen LogP contribution in [0.5, 0.6) is 0 Å². The molecule has 1 saturated heterocycles. The highest BCUT2D eigenvalue weighted by Gasteiger charge is 2.30. The fraction of sp³-hybridized carbons (Fsp3) is 0.368. The maximum Gasteiger partial charge on any atom is 0.249 e. The molecule has 1 aliphatic rings. The maximum absolute atomic E-state index is 13.8. The Hall–Kier alpha value is -2.27. The third-order valence-electron chi connectivity index (χ3n) is 4.34. The second-order valence-electron chi connectivity index (χ2n) is 6.00. The molecular weight excluding hydrogens is 307 g/mol. The minimum absolute atomic E-state index is 0.0127. The Morgan fingerprint density at radius 1 is 1.29 bits per heavy atom. The molecule has 0 bridgehead atoms. The van der Waals surface area contributed by atoms with Crippen LogP contribution in [0.25, 0.3) is 0 Å². The molecule has 0 aliphatic carbocycles. The van der Waals surface area contributed by atoms with Crippen LogP contribution in [0.3, 0.4) is 0 Å². The van der Waals surface area contributed by atoms with Crippen molar-refractivity contribution < 1.29 is 13.9 Å². The SMILES string of the molecule is COCC(=O)N1CCC[C@@H]1c1cccc(Cc2ccccc2F)n1. The Bertz CT molecular complexity index is 720. The number of nitrogens with zero attached hydrogens (tertiary/aromatic N) is 2. The molecule has 2 aromatic rings. The largest absolute Gasteiger partial charge is 0.375 e. The summed E-state index contributed by atoms with van der Waals surface area (Å²) in [6, 6.07) is 12.5. The summed E-state index contributed by atoms with van der Waals surface area (Å²) in [6.07, 6.45) is 2.30. The summed E-state index contributed by atoms with van der Waals surface area (Å²) >= 11 is 0. The van der Waals surface area contributed by atoms with Crippen LogP contribution in [0.4, 0.5) is 4.39 Å². The van der Waals surface area contributed by atoms with Gasteiger partial charge >= 0.3 is 0 Å². The van der Waals surface area contributed by atoms with Gasteiger partial charge in [-0.25, -0.2) is 4.39 Å². The van der Waals surface area contributed by atoms with Crippen molar-refractivity contribution >= 4 is 5.91 Å². The molecule has 0 saturated carbocycles. The Balaban J connectivity index is 1.80. The van der Waals surface area contributed by atoms with Crippen molar-refractivity contribution in [3.63, 3.8) is 0 Å². The molecule has 1 atom stereocenters. The van der Waals surface area contributed by atoms with E-state index in [0.717, 1.165) is 30.8 Å². The van der Waals surface area contributed by atoms with E-state index in [1.54, 1.807) is 12.1 Å². The number of pyridine rings is 1. The number of likely N-dealkylation sites (tertiary alicyclic amines) is 1. The van der Waals surface area contributed by atoms with E-state index in [9.17, 15) is 9.18 Å². The average Bonchev–Trinajstić information content (AvgIpc) is 3.07. The van der Waals surface area contributed by atoms with Gasteiger partial charge in [0, 0.05) is 25.8 Å². The summed E-state index contributed by atoms with van der Waals surface area (Å²) in [5.74, 6) is -0.233. The molecule has 5 heteroatoms. The second kappa shape index (κ2) is 7.53. The summed E-state index contributed by atoms with van der Waals surface area (Å²) < 4.78 is 18.8. The number of hydrogen-bond acceptors (Lipinski definition) is 3. The van der Waals surface area contributed by atoms with E-state index in [1.165, 1.54) is 13.2 Å². The van der Waals surface area contributed by atoms with Gasteiger partial charge in [-0.3, -0.25) is 9.78 Å². The lowest BCUT2D eigenvalue weighted by atomic mass is 10.1. The number of rotatable bonds is 5. The van der Waals surface area contributed by atoms with Gasteiger partial charge in [0.25, 0.3) is 0 Å². The average molecular weight is 328 g/mol. The van der Waals surface area contributed by atoms with Gasteiger partial charge in [-0.2, -0.15) is 0 Å². The number of carbonyl (C=O) groups is 1. The Morgan fingerprint density at radius 3 is 2.92 bits per heavy atom. The molecule has 0 unspecified atom stereocenters. The van der Waals surface area contributed by atoms with Gasteiger partial charge in [-0.15, -0.1) is 0 Å². The van der Waals surface area contributed by atoms with Crippen molar-refractivity contribution in [3.8, 4) is 0 Å². The Morgan fingerprint density at radius 2 is 2.12 bits per heavy atom. The molecule has 1 amide bonds. The molecule has 3 rings (SSSR count). The third kappa shape index (κ3) is 3.62. The van der Waals surface area contributed by atoms with Crippen LogP contribution >= 0.6 is 0 Å². The quantitative estimate of drug-likeness (QED) is 0.847. The van der Waals surface area contributed by atoms with Crippen LogP contribution in [-0.2, 0) is 16.0 Å². The van der Waals surface area contributed by atoms with E-state index >= 15 is 0 Å². The molecule has 1 aromatic carbocycles. The molecule has 0 spiro atoms. The van der Waals surface area contributed by atoms with Gasteiger partial charge in [0.15, 0.2) is 0 Å². The maximum atomic E-state index is 13.8. The summed E-state index contributed by atoms with van der Waals surface area (Å²) in [6.45, 7) is 0.817. The third-order valence-corrected chi connectivity index (χ3v) is 4.34. The number of aromatic nitrogens is 1. The number of halogens is 1. The van der Waals surface area contributed by atoms with E-state index in [-0.39, 0.29) is 24.4 Å². The molecule has 24 heavy (non-hydrogen) atoms. The Kier molecular flexibility index (Phi) is 5.20. The highest BCUT2D eigenvalue weighted by molar-refractivity contribution is 5.78. The topological polar surface area (TPSA) is 42.4 Å². The van der Waals surface area contributed by atoms with Gasteiger partial charge in [0.1, 0.15) is 12.4 Å². The smallest absolute Gasteiger partial charge is 0.249 e. The zero-order chi connectivity index (χ0) is 16.9. The lowest BCUT2D eigenvalue weighted by molar-refractivity contribution is -0.136. The van der Waals surface area contributed by atoms with E-state index in [0.29, 0.717) is 12.0 Å². The van der Waals surface area contributed by atoms with Crippen molar-refractivity contribution in [1.29, 1.82) is 0 Å². The molecule has 126 valence electrons. The van der Waals surface area contributed by atoms with Crippen molar-refractivity contribution in [2.45, 2.75) is 25.3 Å².